The van der Waals surface area contributed by atoms with E-state index in [-0.39, 0.29) is 59.1 Å². The van der Waals surface area contributed by atoms with Gasteiger partial charge in [0.15, 0.2) is 5.82 Å². The number of halogens is 2. The van der Waals surface area contributed by atoms with Gasteiger partial charge in [-0.3, -0.25) is 28.6 Å². The third kappa shape index (κ3) is 6.82. The minimum absolute atomic E-state index is 0.0297. The van der Waals surface area contributed by atoms with Gasteiger partial charge < -0.3 is 25.0 Å². The topological polar surface area (TPSA) is 199 Å². The Bertz CT molecular complexity index is 1600. The van der Waals surface area contributed by atoms with Gasteiger partial charge in [0.05, 0.1) is 29.9 Å². The summed E-state index contributed by atoms with van der Waals surface area (Å²) in [7, 11) is -9.22. The van der Waals surface area contributed by atoms with Crippen LogP contribution >= 0.6 is 38.8 Å². The van der Waals surface area contributed by atoms with Crippen LogP contribution in [-0.4, -0.2) is 45.7 Å². The molecule has 1 fully saturated rings. The molecule has 1 aliphatic heterocycles. The number of H-pyrrole nitrogens is 1. The molecule has 0 amide bonds. The number of nitrogens with one attached hydrogen (secondary N) is 2. The van der Waals surface area contributed by atoms with E-state index in [1.165, 1.54) is 24.3 Å². The molecule has 18 heteroatoms. The van der Waals surface area contributed by atoms with Crippen LogP contribution in [0.15, 0.2) is 53.3 Å². The van der Waals surface area contributed by atoms with E-state index in [9.17, 15) is 23.7 Å². The summed E-state index contributed by atoms with van der Waals surface area (Å²) in [6.07, 6.45) is 0.386. The Morgan fingerprint density at radius 1 is 0.976 bits per heavy atom. The van der Waals surface area contributed by atoms with Crippen molar-refractivity contribution >= 4 is 56.3 Å². The third-order valence-electron chi connectivity index (χ3n) is 6.64. The van der Waals surface area contributed by atoms with Crippen LogP contribution in [0.25, 0.3) is 0 Å². The number of benzene rings is 2. The van der Waals surface area contributed by atoms with Gasteiger partial charge in [-0.1, -0.05) is 47.5 Å². The van der Waals surface area contributed by atoms with Crippen molar-refractivity contribution in [2.75, 3.05) is 35.8 Å². The number of rotatable bonds is 11. The molecule has 0 bridgehead atoms. The van der Waals surface area contributed by atoms with Gasteiger partial charge in [-0.25, -0.2) is 9.13 Å². The molecular weight excluding hydrogens is 623 g/mol. The zero-order valence-corrected chi connectivity index (χ0v) is 24.4. The maximum Gasteiger partial charge on any atom is 0.527 e. The van der Waals surface area contributed by atoms with Crippen LogP contribution in [0, 0.1) is 11.8 Å². The molecule has 1 saturated carbocycles. The van der Waals surface area contributed by atoms with Gasteiger partial charge in [-0.05, 0) is 36.6 Å². The molecule has 14 nitrogen and oxygen atoms in total. The lowest BCUT2D eigenvalue weighted by Gasteiger charge is -2.48. The number of phosphoric acid groups is 2. The van der Waals surface area contributed by atoms with Gasteiger partial charge in [0.2, 0.25) is 5.95 Å². The minimum atomic E-state index is -4.64. The van der Waals surface area contributed by atoms with Crippen molar-refractivity contribution in [3.63, 3.8) is 0 Å². The molecular formula is C23H25Cl2N5O9P2. The molecule has 0 spiro atoms. The first kappa shape index (κ1) is 29.7. The van der Waals surface area contributed by atoms with Crippen LogP contribution in [0.4, 0.5) is 17.5 Å². The van der Waals surface area contributed by atoms with E-state index in [0.717, 1.165) is 0 Å². The summed E-state index contributed by atoms with van der Waals surface area (Å²) >= 11 is 12.0. The monoisotopic (exact) mass is 647 g/mol. The molecule has 6 N–H and O–H groups in total. The largest absolute Gasteiger partial charge is 0.527 e. The number of nitrogens with two attached hydrogens (primary N) is 1. The van der Waals surface area contributed by atoms with Crippen molar-refractivity contribution in [2.45, 2.75) is 12.5 Å². The Balaban J connectivity index is 1.31. The molecule has 0 radical (unpaired) electrons. The molecule has 5 unspecified atom stereocenters. The lowest BCUT2D eigenvalue weighted by molar-refractivity contribution is 0.0211. The number of nitrogens with zero attached hydrogens (tertiary/aromatic N) is 2. The summed E-state index contributed by atoms with van der Waals surface area (Å²) in [4.78, 5) is 41.4. The number of fused-ring (bicyclic) bond motifs is 1. The van der Waals surface area contributed by atoms with E-state index in [2.05, 4.69) is 15.3 Å². The minimum Gasteiger partial charge on any atom is -0.403 e. The zero-order valence-electron chi connectivity index (χ0n) is 21.1. The highest BCUT2D eigenvalue weighted by molar-refractivity contribution is 7.48. The molecule has 5 rings (SSSR count). The number of hydrogen-bond donors (Lipinski definition) is 5. The Labute approximate surface area is 243 Å². The van der Waals surface area contributed by atoms with Crippen molar-refractivity contribution in [3.05, 3.63) is 68.9 Å². The number of para-hydroxylation sites is 2. The summed E-state index contributed by atoms with van der Waals surface area (Å²) in [5, 5.41) is 3.20. The highest BCUT2D eigenvalue weighted by Crippen LogP contribution is 2.52. The summed E-state index contributed by atoms with van der Waals surface area (Å²) in [5.74, 6) is -0.826. The van der Waals surface area contributed by atoms with Crippen molar-refractivity contribution in [1.29, 1.82) is 0 Å². The van der Waals surface area contributed by atoms with Crippen molar-refractivity contribution in [1.82, 2.24) is 9.97 Å². The molecule has 3 aromatic rings. The van der Waals surface area contributed by atoms with Crippen molar-refractivity contribution in [2.24, 2.45) is 11.8 Å². The van der Waals surface area contributed by atoms with Gasteiger partial charge >= 0.3 is 15.6 Å². The predicted octanol–water partition coefficient (Wildman–Crippen LogP) is 4.25. The lowest BCUT2D eigenvalue weighted by atomic mass is 9.69. The van der Waals surface area contributed by atoms with E-state index >= 15 is 0 Å². The molecule has 1 aromatic heterocycles. The average Bonchev–Trinajstić information content (AvgIpc) is 3.29. The molecule has 1 aliphatic carbocycles. The van der Waals surface area contributed by atoms with E-state index in [0.29, 0.717) is 12.2 Å². The SMILES string of the molecule is Nc1nc2c(c(=O)[nH]1)NCN2C1CC(COP(=O)(O)Oc2ccccc2Cl)C1COP(=O)(O)Oc1ccccc1Cl. The number of phosphoric ester groups is 2. The van der Waals surface area contributed by atoms with Crippen LogP contribution in [0.2, 0.25) is 10.0 Å². The highest BCUT2D eigenvalue weighted by atomic mass is 35.5. The molecule has 0 saturated heterocycles. The van der Waals surface area contributed by atoms with E-state index in [4.69, 9.17) is 47.0 Å². The van der Waals surface area contributed by atoms with E-state index < -0.39 is 33.0 Å². The fraction of sp³-hybridized carbons (Fsp3) is 0.304. The first-order valence-corrected chi connectivity index (χ1v) is 15.9. The maximum absolute atomic E-state index is 12.8. The fourth-order valence-corrected chi connectivity index (χ4v) is 6.76. The Kier molecular flexibility index (Phi) is 8.56. The van der Waals surface area contributed by atoms with E-state index in [1.807, 2.05) is 0 Å². The van der Waals surface area contributed by atoms with Gasteiger partial charge in [0, 0.05) is 12.0 Å². The van der Waals surface area contributed by atoms with Crippen molar-refractivity contribution in [3.8, 4) is 11.5 Å². The smallest absolute Gasteiger partial charge is 0.403 e. The number of aromatic nitrogens is 2. The molecule has 2 heterocycles. The third-order valence-corrected chi connectivity index (χ3v) is 9.07. The lowest BCUT2D eigenvalue weighted by Crippen LogP contribution is -2.55. The average molecular weight is 648 g/mol. The normalized spacial score (nSPS) is 22.5. The fourth-order valence-electron chi connectivity index (χ4n) is 4.64. The van der Waals surface area contributed by atoms with Crippen LogP contribution in [0.5, 0.6) is 11.5 Å². The second kappa shape index (κ2) is 11.8. The zero-order chi connectivity index (χ0) is 29.4. The Morgan fingerprint density at radius 3 is 2.12 bits per heavy atom. The first-order chi connectivity index (χ1) is 19.4. The standard InChI is InChI=1S/C23H25Cl2N5O9P2/c24-15-5-1-3-7-18(15)38-40(32,33)36-10-13-9-17(30-12-27-20-21(30)28-23(26)29-22(20)31)14(13)11-37-41(34,35)39-19-8-4-2-6-16(19)25/h1-8,13-14,17,27H,9-12H2,(H,32,33)(H,34,35)(H3,26,28,29,31). The second-order valence-electron chi connectivity index (χ2n) is 9.25. The molecule has 5 atom stereocenters. The number of aromatic amines is 1. The number of hydrogen-bond acceptors (Lipinski definition) is 11. The number of nitrogen functional groups attached to an aromatic ring is 1. The molecule has 2 aromatic carbocycles. The van der Waals surface area contributed by atoms with Crippen LogP contribution < -0.4 is 30.6 Å². The number of anilines is 3. The van der Waals surface area contributed by atoms with Crippen LogP contribution in [0.1, 0.15) is 6.42 Å². The molecule has 41 heavy (non-hydrogen) atoms. The first-order valence-electron chi connectivity index (χ1n) is 12.2. The summed E-state index contributed by atoms with van der Waals surface area (Å²) < 4.78 is 46.2. The summed E-state index contributed by atoms with van der Waals surface area (Å²) in [6, 6.07) is 11.8. The van der Waals surface area contributed by atoms with Gasteiger partial charge in [0.1, 0.15) is 17.2 Å². The van der Waals surface area contributed by atoms with Gasteiger partial charge in [-0.2, -0.15) is 4.98 Å². The second-order valence-corrected chi connectivity index (χ2v) is 12.8. The molecule has 2 aliphatic rings. The Hall–Kier alpha value is -2.80. The highest BCUT2D eigenvalue weighted by Gasteiger charge is 2.49. The van der Waals surface area contributed by atoms with Crippen LogP contribution in [0.3, 0.4) is 0 Å². The van der Waals surface area contributed by atoms with Gasteiger partial charge in [-0.15, -0.1) is 0 Å². The Morgan fingerprint density at radius 2 is 1.54 bits per heavy atom. The molecule has 220 valence electrons. The van der Waals surface area contributed by atoms with Gasteiger partial charge in [0.25, 0.3) is 5.56 Å². The summed E-state index contributed by atoms with van der Waals surface area (Å²) in [5.41, 5.74) is 5.51. The summed E-state index contributed by atoms with van der Waals surface area (Å²) in [6.45, 7) is -0.379. The quantitative estimate of drug-likeness (QED) is 0.185. The predicted molar refractivity (Wildman–Crippen MR) is 151 cm³/mol. The van der Waals surface area contributed by atoms with Crippen LogP contribution in [-0.2, 0) is 18.2 Å². The maximum atomic E-state index is 12.8. The van der Waals surface area contributed by atoms with E-state index in [1.54, 1.807) is 29.2 Å². The van der Waals surface area contributed by atoms with Crippen molar-refractivity contribution < 1.29 is 37.0 Å².